The van der Waals surface area contributed by atoms with Crippen molar-refractivity contribution in [3.05, 3.63) is 0 Å². The van der Waals surface area contributed by atoms with Crippen LogP contribution in [0.2, 0.25) is 0 Å². The van der Waals surface area contributed by atoms with Crippen molar-refractivity contribution < 1.29 is 14.6 Å². The van der Waals surface area contributed by atoms with Gasteiger partial charge in [0.1, 0.15) is 0 Å². The summed E-state index contributed by atoms with van der Waals surface area (Å²) in [5, 5.41) is 12.2. The highest BCUT2D eigenvalue weighted by molar-refractivity contribution is 5.77. The number of fused-ring (bicyclic) bond motifs is 1. The highest BCUT2D eigenvalue weighted by atomic mass is 16.5. The van der Waals surface area contributed by atoms with E-state index in [-0.39, 0.29) is 23.7 Å². The molecule has 0 unspecified atom stereocenters. The van der Waals surface area contributed by atoms with Gasteiger partial charge in [-0.2, -0.15) is 0 Å². The number of aliphatic hydroxyl groups is 1. The second kappa shape index (κ2) is 6.53. The maximum absolute atomic E-state index is 11.7. The first-order chi connectivity index (χ1) is 8.64. The summed E-state index contributed by atoms with van der Waals surface area (Å²) in [4.78, 5) is 11.7. The maximum Gasteiger partial charge on any atom is 0.220 e. The normalized spacial score (nSPS) is 32.2. The summed E-state index contributed by atoms with van der Waals surface area (Å²) in [5.41, 5.74) is -0.497. The molecule has 2 N–H and O–H groups in total. The quantitative estimate of drug-likeness (QED) is 0.716. The van der Waals surface area contributed by atoms with Gasteiger partial charge in [0.25, 0.3) is 0 Å². The zero-order chi connectivity index (χ0) is 13.6. The van der Waals surface area contributed by atoms with Crippen molar-refractivity contribution in [1.82, 2.24) is 5.32 Å². The van der Waals surface area contributed by atoms with Crippen LogP contribution in [0.25, 0.3) is 0 Å². The van der Waals surface area contributed by atoms with Crippen molar-refractivity contribution in [1.29, 1.82) is 0 Å². The standard InChI is InChI=1S/C12H21NO3.C2H6/c1-2-3-4-5-10(15)13-11-6-12(7-11,8-14)16-9-11;1-2/h14H,2-9H2,1H3,(H,13,15);1-2H3. The first kappa shape index (κ1) is 15.4. The summed E-state index contributed by atoms with van der Waals surface area (Å²) in [6, 6.07) is 0. The predicted molar refractivity (Wildman–Crippen MR) is 71.4 cm³/mol. The molecule has 1 aliphatic carbocycles. The Labute approximate surface area is 110 Å². The summed E-state index contributed by atoms with van der Waals surface area (Å²) >= 11 is 0. The van der Waals surface area contributed by atoms with Crippen LogP contribution in [0, 0.1) is 0 Å². The Morgan fingerprint density at radius 2 is 2.00 bits per heavy atom. The van der Waals surface area contributed by atoms with E-state index in [9.17, 15) is 4.79 Å². The van der Waals surface area contributed by atoms with Crippen LogP contribution in [0.4, 0.5) is 0 Å². The van der Waals surface area contributed by atoms with Crippen molar-refractivity contribution in [2.45, 2.75) is 70.4 Å². The van der Waals surface area contributed by atoms with Crippen LogP contribution in [0.15, 0.2) is 0 Å². The van der Waals surface area contributed by atoms with E-state index in [1.165, 1.54) is 0 Å². The topological polar surface area (TPSA) is 58.6 Å². The van der Waals surface area contributed by atoms with E-state index < -0.39 is 0 Å². The molecule has 4 nitrogen and oxygen atoms in total. The molecule has 0 aromatic heterocycles. The highest BCUT2D eigenvalue weighted by Crippen LogP contribution is 2.51. The van der Waals surface area contributed by atoms with Gasteiger partial charge in [-0.05, 0) is 6.42 Å². The van der Waals surface area contributed by atoms with Gasteiger partial charge in [-0.15, -0.1) is 0 Å². The molecular formula is C14H27NO3. The van der Waals surface area contributed by atoms with Gasteiger partial charge in [0.15, 0.2) is 0 Å². The number of hydrogen-bond acceptors (Lipinski definition) is 3. The molecule has 0 aromatic carbocycles. The van der Waals surface area contributed by atoms with E-state index in [0.717, 1.165) is 32.1 Å². The molecule has 0 spiro atoms. The zero-order valence-electron chi connectivity index (χ0n) is 11.9. The van der Waals surface area contributed by atoms with Gasteiger partial charge in [0.05, 0.1) is 24.4 Å². The molecule has 2 heterocycles. The number of nitrogens with one attached hydrogen (secondary N) is 1. The van der Waals surface area contributed by atoms with Crippen LogP contribution in [-0.4, -0.2) is 35.4 Å². The third kappa shape index (κ3) is 3.23. The van der Waals surface area contributed by atoms with Gasteiger partial charge in [0.2, 0.25) is 5.91 Å². The molecule has 0 aromatic rings. The number of ether oxygens (including phenoxy) is 1. The summed E-state index contributed by atoms with van der Waals surface area (Å²) < 4.78 is 5.53. The lowest BCUT2D eigenvalue weighted by Crippen LogP contribution is -2.60. The largest absolute Gasteiger partial charge is 0.393 e. The van der Waals surface area contributed by atoms with Gasteiger partial charge >= 0.3 is 0 Å². The average molecular weight is 257 g/mol. The molecule has 3 rings (SSSR count). The third-order valence-electron chi connectivity index (χ3n) is 3.68. The Balaban J connectivity index is 0.000000771. The number of hydrogen-bond donors (Lipinski definition) is 2. The monoisotopic (exact) mass is 257 g/mol. The van der Waals surface area contributed by atoms with Crippen LogP contribution in [-0.2, 0) is 9.53 Å². The van der Waals surface area contributed by atoms with Gasteiger partial charge < -0.3 is 15.2 Å². The van der Waals surface area contributed by atoms with Crippen molar-refractivity contribution in [3.63, 3.8) is 0 Å². The van der Waals surface area contributed by atoms with E-state index in [4.69, 9.17) is 9.84 Å². The molecule has 2 aliphatic heterocycles. The van der Waals surface area contributed by atoms with Crippen molar-refractivity contribution in [2.24, 2.45) is 0 Å². The van der Waals surface area contributed by atoms with E-state index in [2.05, 4.69) is 12.2 Å². The average Bonchev–Trinajstić information content (AvgIpc) is 2.87. The summed E-state index contributed by atoms with van der Waals surface area (Å²) in [7, 11) is 0. The number of carbonyl (C=O) groups is 1. The fourth-order valence-electron chi connectivity index (χ4n) is 2.85. The van der Waals surface area contributed by atoms with Crippen LogP contribution < -0.4 is 5.32 Å². The number of amides is 1. The molecule has 1 saturated carbocycles. The molecule has 1 amide bonds. The van der Waals surface area contributed by atoms with Crippen LogP contribution in [0.1, 0.15) is 59.3 Å². The minimum Gasteiger partial charge on any atom is -0.393 e. The minimum absolute atomic E-state index is 0.0699. The molecule has 2 saturated heterocycles. The smallest absolute Gasteiger partial charge is 0.220 e. The second-order valence-electron chi connectivity index (χ2n) is 5.27. The van der Waals surface area contributed by atoms with Crippen molar-refractivity contribution >= 4 is 5.91 Å². The Morgan fingerprint density at radius 1 is 1.33 bits per heavy atom. The molecule has 18 heavy (non-hydrogen) atoms. The molecule has 2 bridgehead atoms. The number of unbranched alkanes of at least 4 members (excludes halogenated alkanes) is 2. The number of carbonyl (C=O) groups excluding carboxylic acids is 1. The fourth-order valence-corrected chi connectivity index (χ4v) is 2.85. The van der Waals surface area contributed by atoms with Crippen molar-refractivity contribution in [3.8, 4) is 0 Å². The first-order valence-electron chi connectivity index (χ1n) is 7.20. The van der Waals surface area contributed by atoms with Gasteiger partial charge in [-0.3, -0.25) is 4.79 Å². The van der Waals surface area contributed by atoms with Crippen LogP contribution in [0.3, 0.4) is 0 Å². The van der Waals surface area contributed by atoms with Crippen LogP contribution in [0.5, 0.6) is 0 Å². The highest BCUT2D eigenvalue weighted by Gasteiger charge is 2.62. The summed E-state index contributed by atoms with van der Waals surface area (Å²) in [5.74, 6) is 0.130. The molecule has 0 atom stereocenters. The van der Waals surface area contributed by atoms with E-state index >= 15 is 0 Å². The molecule has 106 valence electrons. The Morgan fingerprint density at radius 3 is 2.50 bits per heavy atom. The van der Waals surface area contributed by atoms with Gasteiger partial charge in [0, 0.05) is 19.3 Å². The Bertz CT molecular complexity index is 272. The summed E-state index contributed by atoms with van der Waals surface area (Å²) in [6.45, 7) is 6.76. The molecule has 3 aliphatic rings. The van der Waals surface area contributed by atoms with E-state index in [1.807, 2.05) is 13.8 Å². The first-order valence-corrected chi connectivity index (χ1v) is 7.20. The van der Waals surface area contributed by atoms with Crippen LogP contribution >= 0.6 is 0 Å². The zero-order valence-corrected chi connectivity index (χ0v) is 11.9. The van der Waals surface area contributed by atoms with E-state index in [0.29, 0.717) is 13.0 Å². The molecular weight excluding hydrogens is 230 g/mol. The van der Waals surface area contributed by atoms with E-state index in [1.54, 1.807) is 0 Å². The predicted octanol–water partition coefficient (Wildman–Crippen LogP) is 2.00. The SMILES string of the molecule is CC.CCCCCC(=O)NC12COC(CO)(C1)C2. The lowest BCUT2D eigenvalue weighted by molar-refractivity contribution is -0.124. The molecule has 0 radical (unpaired) electrons. The summed E-state index contributed by atoms with van der Waals surface area (Å²) in [6.07, 6.45) is 5.37. The Kier molecular flexibility index (Phi) is 5.60. The maximum atomic E-state index is 11.7. The lowest BCUT2D eigenvalue weighted by Gasteiger charge is -2.43. The number of aliphatic hydroxyl groups excluding tert-OH is 1. The third-order valence-corrected chi connectivity index (χ3v) is 3.68. The van der Waals surface area contributed by atoms with Gasteiger partial charge in [-0.25, -0.2) is 0 Å². The molecule has 4 heteroatoms. The minimum atomic E-state index is -0.337. The fraction of sp³-hybridized carbons (Fsp3) is 0.929. The van der Waals surface area contributed by atoms with Gasteiger partial charge in [-0.1, -0.05) is 33.6 Å². The number of rotatable bonds is 6. The second-order valence-corrected chi connectivity index (χ2v) is 5.27. The Hall–Kier alpha value is -0.610. The molecule has 3 fully saturated rings. The van der Waals surface area contributed by atoms with Crippen molar-refractivity contribution in [2.75, 3.05) is 13.2 Å². The lowest BCUT2D eigenvalue weighted by atomic mass is 9.69.